The summed E-state index contributed by atoms with van der Waals surface area (Å²) >= 11 is 0. The Kier molecular flexibility index (Phi) is 6.19. The Bertz CT molecular complexity index is 1060. The summed E-state index contributed by atoms with van der Waals surface area (Å²) in [6, 6.07) is 26.2. The summed E-state index contributed by atoms with van der Waals surface area (Å²) in [5.74, 6) is 1.10. The van der Waals surface area contributed by atoms with E-state index in [2.05, 4.69) is 48.2 Å². The van der Waals surface area contributed by atoms with Crippen LogP contribution in [0.15, 0.2) is 78.9 Å². The molecule has 3 aromatic rings. The van der Waals surface area contributed by atoms with Crippen molar-refractivity contribution in [2.45, 2.75) is 52.1 Å². The molecule has 5 nitrogen and oxygen atoms in total. The topological polar surface area (TPSA) is 48.0 Å². The molecule has 2 atom stereocenters. The van der Waals surface area contributed by atoms with Gasteiger partial charge in [-0.2, -0.15) is 0 Å². The maximum Gasteiger partial charge on any atom is 0.514 e. The third-order valence-corrected chi connectivity index (χ3v) is 5.36. The lowest BCUT2D eigenvalue weighted by atomic mass is 10.00. The van der Waals surface area contributed by atoms with Crippen LogP contribution in [-0.2, 0) is 11.3 Å². The van der Waals surface area contributed by atoms with Crippen LogP contribution in [0.5, 0.6) is 11.5 Å². The number of carbonyl (C=O) groups is 1. The molecule has 0 radical (unpaired) electrons. The van der Waals surface area contributed by atoms with E-state index < -0.39 is 11.8 Å². The van der Waals surface area contributed by atoms with Gasteiger partial charge in [0.25, 0.3) is 0 Å². The highest BCUT2D eigenvalue weighted by molar-refractivity contribution is 5.65. The van der Waals surface area contributed by atoms with Crippen LogP contribution in [0.25, 0.3) is 0 Å². The summed E-state index contributed by atoms with van der Waals surface area (Å²) in [4.78, 5) is 14.4. The fourth-order valence-electron chi connectivity index (χ4n) is 3.85. The van der Waals surface area contributed by atoms with Gasteiger partial charge in [0.05, 0.1) is 0 Å². The van der Waals surface area contributed by atoms with E-state index >= 15 is 0 Å². The zero-order valence-electron chi connectivity index (χ0n) is 18.9. The fourth-order valence-corrected chi connectivity index (χ4v) is 3.85. The third kappa shape index (κ3) is 5.11. The van der Waals surface area contributed by atoms with Crippen molar-refractivity contribution in [3.05, 3.63) is 95.6 Å². The van der Waals surface area contributed by atoms with E-state index in [1.165, 1.54) is 5.56 Å². The first kappa shape index (κ1) is 21.9. The predicted octanol–water partition coefficient (Wildman–Crippen LogP) is 6.65. The number of nitrogens with zero attached hydrogens (tertiary/aromatic N) is 1. The molecule has 0 unspecified atom stereocenters. The number of hydrogen-bond donors (Lipinski definition) is 0. The molecule has 1 heterocycles. The Morgan fingerprint density at radius 3 is 2.28 bits per heavy atom. The Labute approximate surface area is 189 Å². The summed E-state index contributed by atoms with van der Waals surface area (Å²) < 4.78 is 17.2. The highest BCUT2D eigenvalue weighted by Gasteiger charge is 2.34. The summed E-state index contributed by atoms with van der Waals surface area (Å²) in [7, 11) is 0. The normalized spacial score (nSPS) is 18.4. The lowest BCUT2D eigenvalue weighted by Crippen LogP contribution is -2.38. The van der Waals surface area contributed by atoms with Gasteiger partial charge in [0.15, 0.2) is 6.23 Å². The zero-order valence-corrected chi connectivity index (χ0v) is 18.9. The van der Waals surface area contributed by atoms with Crippen molar-refractivity contribution in [2.75, 3.05) is 0 Å². The number of rotatable bonds is 4. The smallest absolute Gasteiger partial charge is 0.470 e. The number of ether oxygens (including phenoxy) is 3. The number of fused-ring (bicyclic) bond motifs is 1. The van der Waals surface area contributed by atoms with Crippen LogP contribution >= 0.6 is 0 Å². The Morgan fingerprint density at radius 1 is 0.969 bits per heavy atom. The number of carbonyl (C=O) groups excluding carboxylic acids is 1. The lowest BCUT2D eigenvalue weighted by molar-refractivity contribution is -0.0325. The summed E-state index contributed by atoms with van der Waals surface area (Å²) in [6.07, 6.45) is -0.998. The maximum absolute atomic E-state index is 12.1. The standard InChI is InChI=1S/C27H29NO4/c1-19-23-16-15-22(30-26(29)32-27(2,3)4)17-24(23)31-25(21-13-9-6-10-14-21)28(19)18-20-11-7-5-8-12-20/h5-17,19,25H,18H2,1-4H3/t19-,25+/m0/s1. The highest BCUT2D eigenvalue weighted by Crippen LogP contribution is 2.44. The molecule has 32 heavy (non-hydrogen) atoms. The molecule has 0 saturated carbocycles. The van der Waals surface area contributed by atoms with E-state index in [-0.39, 0.29) is 12.3 Å². The van der Waals surface area contributed by atoms with Crippen LogP contribution < -0.4 is 9.47 Å². The Hall–Kier alpha value is -3.31. The molecule has 5 heteroatoms. The van der Waals surface area contributed by atoms with Gasteiger partial charge in [0, 0.05) is 29.8 Å². The summed E-state index contributed by atoms with van der Waals surface area (Å²) in [5.41, 5.74) is 2.72. The average molecular weight is 432 g/mol. The Morgan fingerprint density at radius 2 is 1.62 bits per heavy atom. The minimum absolute atomic E-state index is 0.0970. The van der Waals surface area contributed by atoms with E-state index in [1.807, 2.05) is 30.3 Å². The molecular formula is C27H29NO4. The van der Waals surface area contributed by atoms with E-state index in [0.29, 0.717) is 11.5 Å². The predicted molar refractivity (Wildman–Crippen MR) is 124 cm³/mol. The highest BCUT2D eigenvalue weighted by atomic mass is 16.7. The molecule has 0 bridgehead atoms. The van der Waals surface area contributed by atoms with E-state index in [9.17, 15) is 4.79 Å². The zero-order chi connectivity index (χ0) is 22.7. The molecule has 1 aliphatic heterocycles. The molecule has 4 rings (SSSR count). The van der Waals surface area contributed by atoms with Crippen molar-refractivity contribution in [1.29, 1.82) is 0 Å². The van der Waals surface area contributed by atoms with E-state index in [4.69, 9.17) is 14.2 Å². The van der Waals surface area contributed by atoms with Crippen LogP contribution in [0.1, 0.15) is 56.7 Å². The average Bonchev–Trinajstić information content (AvgIpc) is 2.75. The molecule has 166 valence electrons. The fraction of sp³-hybridized carbons (Fsp3) is 0.296. The van der Waals surface area contributed by atoms with Gasteiger partial charge < -0.3 is 14.2 Å². The van der Waals surface area contributed by atoms with Crippen molar-refractivity contribution in [2.24, 2.45) is 0 Å². The monoisotopic (exact) mass is 431 g/mol. The molecule has 0 spiro atoms. The van der Waals surface area contributed by atoms with Crippen LogP contribution in [0.4, 0.5) is 4.79 Å². The second-order valence-corrected chi connectivity index (χ2v) is 8.98. The third-order valence-electron chi connectivity index (χ3n) is 5.36. The molecule has 3 aromatic carbocycles. The van der Waals surface area contributed by atoms with Gasteiger partial charge in [-0.05, 0) is 39.3 Å². The Balaban J connectivity index is 1.64. The van der Waals surface area contributed by atoms with Gasteiger partial charge in [0.2, 0.25) is 0 Å². The summed E-state index contributed by atoms with van der Waals surface area (Å²) in [5, 5.41) is 0. The second-order valence-electron chi connectivity index (χ2n) is 8.98. The number of hydrogen-bond acceptors (Lipinski definition) is 5. The minimum atomic E-state index is -0.730. The molecule has 0 fully saturated rings. The van der Waals surface area contributed by atoms with E-state index in [0.717, 1.165) is 17.7 Å². The molecule has 0 N–H and O–H groups in total. The molecule has 0 amide bonds. The van der Waals surface area contributed by atoms with Gasteiger partial charge in [0.1, 0.15) is 17.1 Å². The van der Waals surface area contributed by atoms with Gasteiger partial charge in [-0.15, -0.1) is 0 Å². The van der Waals surface area contributed by atoms with Gasteiger partial charge in [-0.3, -0.25) is 4.90 Å². The van der Waals surface area contributed by atoms with Crippen molar-refractivity contribution >= 4 is 6.16 Å². The van der Waals surface area contributed by atoms with Crippen LogP contribution in [0.2, 0.25) is 0 Å². The van der Waals surface area contributed by atoms with Gasteiger partial charge in [-0.1, -0.05) is 66.7 Å². The second kappa shape index (κ2) is 9.05. The quantitative estimate of drug-likeness (QED) is 0.342. The minimum Gasteiger partial charge on any atom is -0.470 e. The summed E-state index contributed by atoms with van der Waals surface area (Å²) in [6.45, 7) is 8.33. The first-order valence-corrected chi connectivity index (χ1v) is 10.9. The first-order chi connectivity index (χ1) is 15.3. The number of benzene rings is 3. The van der Waals surface area contributed by atoms with Crippen molar-refractivity contribution < 1.29 is 19.0 Å². The lowest BCUT2D eigenvalue weighted by Gasteiger charge is -2.42. The molecule has 0 aromatic heterocycles. The molecule has 0 saturated heterocycles. The van der Waals surface area contributed by atoms with Crippen LogP contribution in [-0.4, -0.2) is 16.7 Å². The first-order valence-electron chi connectivity index (χ1n) is 10.9. The maximum atomic E-state index is 12.1. The van der Waals surface area contributed by atoms with E-state index in [1.54, 1.807) is 32.9 Å². The van der Waals surface area contributed by atoms with Crippen molar-refractivity contribution in [3.8, 4) is 11.5 Å². The van der Waals surface area contributed by atoms with Crippen LogP contribution in [0, 0.1) is 0 Å². The molecule has 1 aliphatic rings. The SMILES string of the molecule is C[C@H]1c2ccc(OC(=O)OC(C)(C)C)cc2O[C@H](c2ccccc2)N1Cc1ccccc1. The van der Waals surface area contributed by atoms with Gasteiger partial charge in [-0.25, -0.2) is 4.79 Å². The van der Waals surface area contributed by atoms with Gasteiger partial charge >= 0.3 is 6.16 Å². The molecule has 0 aliphatic carbocycles. The largest absolute Gasteiger partial charge is 0.514 e. The molecular weight excluding hydrogens is 402 g/mol. The van der Waals surface area contributed by atoms with Crippen molar-refractivity contribution in [3.63, 3.8) is 0 Å². The van der Waals surface area contributed by atoms with Crippen molar-refractivity contribution in [1.82, 2.24) is 4.90 Å². The van der Waals surface area contributed by atoms with Crippen LogP contribution in [0.3, 0.4) is 0 Å².